The maximum Gasteiger partial charge on any atom is 0.407 e. The number of aliphatic carboxylic acids is 1. The summed E-state index contributed by atoms with van der Waals surface area (Å²) in [6.07, 6.45) is 0.754. The maximum atomic E-state index is 12.5. The van der Waals surface area contributed by atoms with Crippen molar-refractivity contribution in [2.75, 3.05) is 6.61 Å². The Labute approximate surface area is 181 Å². The molecule has 3 rings (SSSR count). The van der Waals surface area contributed by atoms with E-state index >= 15 is 0 Å². The number of carboxylic acid groups (broad SMARTS) is 1. The SMILES string of the molecule is CCC[C@@H](CC(=O)NC(C)C(=O)O)NC(=O)OCC1c2ccccc2-c2ccccc21. The van der Waals surface area contributed by atoms with Crippen molar-refractivity contribution in [3.8, 4) is 11.1 Å². The number of alkyl carbamates (subject to hydrolysis) is 1. The second-order valence-electron chi connectivity index (χ2n) is 7.79. The molecule has 2 amide bonds. The number of nitrogens with one attached hydrogen (secondary N) is 2. The van der Waals surface area contributed by atoms with Gasteiger partial charge in [0.25, 0.3) is 0 Å². The molecule has 0 bridgehead atoms. The van der Waals surface area contributed by atoms with Gasteiger partial charge in [-0.3, -0.25) is 9.59 Å². The summed E-state index contributed by atoms with van der Waals surface area (Å²) < 4.78 is 5.54. The Morgan fingerprint density at radius 2 is 1.58 bits per heavy atom. The van der Waals surface area contributed by atoms with Gasteiger partial charge < -0.3 is 20.5 Å². The molecule has 0 radical (unpaired) electrons. The average molecular weight is 424 g/mol. The number of carbonyl (C=O) groups is 3. The van der Waals surface area contributed by atoms with Crippen LogP contribution in [0.15, 0.2) is 48.5 Å². The summed E-state index contributed by atoms with van der Waals surface area (Å²) in [6.45, 7) is 3.54. The molecule has 1 unspecified atom stereocenters. The Morgan fingerprint density at radius 1 is 1.00 bits per heavy atom. The van der Waals surface area contributed by atoms with Crippen LogP contribution < -0.4 is 10.6 Å². The Morgan fingerprint density at radius 3 is 2.13 bits per heavy atom. The van der Waals surface area contributed by atoms with Crippen molar-refractivity contribution >= 4 is 18.0 Å². The van der Waals surface area contributed by atoms with Crippen LogP contribution in [0.5, 0.6) is 0 Å². The van der Waals surface area contributed by atoms with E-state index in [0.29, 0.717) is 6.42 Å². The van der Waals surface area contributed by atoms with Crippen molar-refractivity contribution in [2.24, 2.45) is 0 Å². The summed E-state index contributed by atoms with van der Waals surface area (Å²) in [5.41, 5.74) is 4.56. The highest BCUT2D eigenvalue weighted by molar-refractivity contribution is 5.84. The van der Waals surface area contributed by atoms with E-state index in [4.69, 9.17) is 9.84 Å². The molecule has 7 nitrogen and oxygen atoms in total. The number of hydrogen-bond donors (Lipinski definition) is 3. The molecule has 1 aliphatic rings. The van der Waals surface area contributed by atoms with Gasteiger partial charge in [-0.2, -0.15) is 0 Å². The quantitative estimate of drug-likeness (QED) is 0.570. The molecule has 0 spiro atoms. The van der Waals surface area contributed by atoms with Crippen LogP contribution in [0, 0.1) is 0 Å². The van der Waals surface area contributed by atoms with Gasteiger partial charge in [0, 0.05) is 18.4 Å². The van der Waals surface area contributed by atoms with E-state index < -0.39 is 30.1 Å². The van der Waals surface area contributed by atoms with Crippen molar-refractivity contribution in [2.45, 2.75) is 51.1 Å². The number of rotatable bonds is 9. The molecule has 0 saturated carbocycles. The Bertz CT molecular complexity index is 913. The van der Waals surface area contributed by atoms with Gasteiger partial charge in [-0.15, -0.1) is 0 Å². The number of carbonyl (C=O) groups excluding carboxylic acids is 2. The van der Waals surface area contributed by atoms with Crippen LogP contribution in [0.4, 0.5) is 4.79 Å². The molecule has 0 saturated heterocycles. The summed E-state index contributed by atoms with van der Waals surface area (Å²) in [4.78, 5) is 35.5. The maximum absolute atomic E-state index is 12.5. The minimum absolute atomic E-state index is 0.00431. The highest BCUT2D eigenvalue weighted by atomic mass is 16.5. The molecule has 2 aromatic rings. The second-order valence-corrected chi connectivity index (χ2v) is 7.79. The lowest BCUT2D eigenvalue weighted by molar-refractivity contribution is -0.141. The van der Waals surface area contributed by atoms with Crippen LogP contribution in [0.2, 0.25) is 0 Å². The summed E-state index contributed by atoms with van der Waals surface area (Å²) in [5, 5.41) is 14.1. The van der Waals surface area contributed by atoms with Crippen molar-refractivity contribution in [3.05, 3.63) is 59.7 Å². The molecule has 3 N–H and O–H groups in total. The largest absolute Gasteiger partial charge is 0.480 e. The zero-order valence-electron chi connectivity index (χ0n) is 17.8. The monoisotopic (exact) mass is 424 g/mol. The molecule has 1 aliphatic carbocycles. The van der Waals surface area contributed by atoms with E-state index in [2.05, 4.69) is 34.9 Å². The van der Waals surface area contributed by atoms with Crippen LogP contribution in [-0.4, -0.2) is 41.8 Å². The number of fused-ring (bicyclic) bond motifs is 3. The van der Waals surface area contributed by atoms with Crippen LogP contribution in [0.1, 0.15) is 50.2 Å². The number of ether oxygens (including phenoxy) is 1. The minimum Gasteiger partial charge on any atom is -0.480 e. The zero-order valence-corrected chi connectivity index (χ0v) is 17.8. The molecule has 2 aromatic carbocycles. The van der Waals surface area contributed by atoms with E-state index in [9.17, 15) is 14.4 Å². The molecule has 0 aromatic heterocycles. The molecule has 7 heteroatoms. The molecule has 0 heterocycles. The number of hydrogen-bond acceptors (Lipinski definition) is 4. The predicted octanol–water partition coefficient (Wildman–Crippen LogP) is 3.67. The first-order chi connectivity index (χ1) is 14.9. The van der Waals surface area contributed by atoms with Gasteiger partial charge in [0.2, 0.25) is 5.91 Å². The highest BCUT2D eigenvalue weighted by Gasteiger charge is 2.29. The van der Waals surface area contributed by atoms with Crippen LogP contribution in [0.3, 0.4) is 0 Å². The lowest BCUT2D eigenvalue weighted by Gasteiger charge is -2.20. The lowest BCUT2D eigenvalue weighted by atomic mass is 9.98. The van der Waals surface area contributed by atoms with E-state index in [1.54, 1.807) is 0 Å². The molecule has 164 valence electrons. The van der Waals surface area contributed by atoms with E-state index in [1.807, 2.05) is 31.2 Å². The van der Waals surface area contributed by atoms with Gasteiger partial charge in [0.1, 0.15) is 12.6 Å². The van der Waals surface area contributed by atoms with E-state index in [-0.39, 0.29) is 18.9 Å². The van der Waals surface area contributed by atoms with Crippen molar-refractivity contribution in [1.82, 2.24) is 10.6 Å². The van der Waals surface area contributed by atoms with Crippen molar-refractivity contribution < 1.29 is 24.2 Å². The fourth-order valence-corrected chi connectivity index (χ4v) is 3.97. The van der Waals surface area contributed by atoms with Crippen LogP contribution >= 0.6 is 0 Å². The van der Waals surface area contributed by atoms with Gasteiger partial charge in [0.15, 0.2) is 0 Å². The average Bonchev–Trinajstić information content (AvgIpc) is 3.06. The fourth-order valence-electron chi connectivity index (χ4n) is 3.97. The fraction of sp³-hybridized carbons (Fsp3) is 0.375. The van der Waals surface area contributed by atoms with Gasteiger partial charge >= 0.3 is 12.1 Å². The molecule has 31 heavy (non-hydrogen) atoms. The van der Waals surface area contributed by atoms with Gasteiger partial charge in [0.05, 0.1) is 0 Å². The second kappa shape index (κ2) is 10.1. The van der Waals surface area contributed by atoms with Gasteiger partial charge in [-0.05, 0) is 35.6 Å². The Hall–Kier alpha value is -3.35. The first kappa shape index (κ1) is 22.3. The Balaban J connectivity index is 1.59. The van der Waals surface area contributed by atoms with Gasteiger partial charge in [-0.25, -0.2) is 4.79 Å². The molecule has 2 atom stereocenters. The third kappa shape index (κ3) is 5.42. The summed E-state index contributed by atoms with van der Waals surface area (Å²) in [5.74, 6) is -1.57. The minimum atomic E-state index is -1.11. The zero-order chi connectivity index (χ0) is 22.4. The summed E-state index contributed by atoms with van der Waals surface area (Å²) in [7, 11) is 0. The topological polar surface area (TPSA) is 105 Å². The van der Waals surface area contributed by atoms with E-state index in [0.717, 1.165) is 28.7 Å². The highest BCUT2D eigenvalue weighted by Crippen LogP contribution is 2.44. The number of amides is 2. The number of carboxylic acids is 1. The predicted molar refractivity (Wildman–Crippen MR) is 117 cm³/mol. The molecule has 0 fully saturated rings. The van der Waals surface area contributed by atoms with E-state index in [1.165, 1.54) is 6.92 Å². The lowest BCUT2D eigenvalue weighted by Crippen LogP contribution is -2.43. The normalized spacial score (nSPS) is 14.1. The third-order valence-electron chi connectivity index (χ3n) is 5.48. The third-order valence-corrected chi connectivity index (χ3v) is 5.48. The molecular weight excluding hydrogens is 396 g/mol. The Kier molecular flexibility index (Phi) is 7.28. The van der Waals surface area contributed by atoms with Crippen molar-refractivity contribution in [1.29, 1.82) is 0 Å². The van der Waals surface area contributed by atoms with Gasteiger partial charge in [-0.1, -0.05) is 61.9 Å². The number of benzene rings is 2. The first-order valence-electron chi connectivity index (χ1n) is 10.5. The molecule has 0 aliphatic heterocycles. The smallest absolute Gasteiger partial charge is 0.407 e. The first-order valence-corrected chi connectivity index (χ1v) is 10.5. The summed E-state index contributed by atoms with van der Waals surface area (Å²) >= 11 is 0. The van der Waals surface area contributed by atoms with Crippen molar-refractivity contribution in [3.63, 3.8) is 0 Å². The van der Waals surface area contributed by atoms with Crippen LogP contribution in [-0.2, 0) is 14.3 Å². The molecular formula is C24H28N2O5. The standard InChI is InChI=1S/C24H28N2O5/c1-3-8-16(13-22(27)25-15(2)23(28)29)26-24(30)31-14-21-19-11-6-4-9-17(19)18-10-5-7-12-20(18)21/h4-7,9-12,15-16,21H,3,8,13-14H2,1-2H3,(H,25,27)(H,26,30)(H,28,29)/t15?,16-/m0/s1. The van der Waals surface area contributed by atoms with Crippen LogP contribution in [0.25, 0.3) is 11.1 Å². The summed E-state index contributed by atoms with van der Waals surface area (Å²) in [6, 6.07) is 14.8.